The van der Waals surface area contributed by atoms with Gasteiger partial charge in [0.15, 0.2) is 0 Å². The first kappa shape index (κ1) is 37.6. The fraction of sp³-hybridized carbons (Fsp3) is 0.526. The lowest BCUT2D eigenvalue weighted by Gasteiger charge is -2.27. The number of rotatable bonds is 11. The van der Waals surface area contributed by atoms with Gasteiger partial charge in [0.1, 0.15) is 18.1 Å². The molecule has 0 amide bonds. The number of likely N-dealkylation sites (tertiary alicyclic amines) is 1. The standard InChI is InChI=1S/C36H42F6N2O2.C2H6/c1-23(46-29-13-9-26(10-14-29)34(2,3)4)19-24-5-11-28(12-6-24)45-18-16-43-33-30-15-17-44(22-31(30)33)21-25-7-8-27(35(37,38)39)20-32(25)36(40,41)42;1-2/h5-14,20,23,30-31,33,43H,15-19,21-22H2,1-4H3;1-2H3/t23?,30-,31+,33+;/m0./s1. The van der Waals surface area contributed by atoms with Crippen LogP contribution in [-0.4, -0.2) is 43.3 Å². The third-order valence-electron chi connectivity index (χ3n) is 8.97. The zero-order valence-electron chi connectivity index (χ0n) is 28.6. The molecule has 2 fully saturated rings. The largest absolute Gasteiger partial charge is 0.492 e. The first-order valence-electron chi connectivity index (χ1n) is 16.8. The van der Waals surface area contributed by atoms with Crippen molar-refractivity contribution in [3.63, 3.8) is 0 Å². The summed E-state index contributed by atoms with van der Waals surface area (Å²) in [4.78, 5) is 1.91. The van der Waals surface area contributed by atoms with Gasteiger partial charge in [-0.1, -0.05) is 65.0 Å². The smallest absolute Gasteiger partial charge is 0.416 e. The molecule has 1 aliphatic heterocycles. The second kappa shape index (κ2) is 15.5. The molecule has 48 heavy (non-hydrogen) atoms. The molecule has 264 valence electrons. The summed E-state index contributed by atoms with van der Waals surface area (Å²) < 4.78 is 91.8. The van der Waals surface area contributed by atoms with E-state index in [9.17, 15) is 26.3 Å². The summed E-state index contributed by atoms with van der Waals surface area (Å²) in [7, 11) is 0. The quantitative estimate of drug-likeness (QED) is 0.162. The molecular weight excluding hydrogens is 630 g/mol. The van der Waals surface area contributed by atoms with Gasteiger partial charge < -0.3 is 14.8 Å². The van der Waals surface area contributed by atoms with Crippen molar-refractivity contribution in [2.75, 3.05) is 26.2 Å². The molecule has 1 N–H and O–H groups in total. The van der Waals surface area contributed by atoms with E-state index in [1.54, 1.807) is 0 Å². The molecule has 0 spiro atoms. The molecule has 1 aliphatic carbocycles. The van der Waals surface area contributed by atoms with Crippen LogP contribution in [0, 0.1) is 11.8 Å². The van der Waals surface area contributed by atoms with Crippen molar-refractivity contribution in [3.05, 3.63) is 94.5 Å². The minimum atomic E-state index is -4.86. The van der Waals surface area contributed by atoms with Crippen LogP contribution in [0.3, 0.4) is 0 Å². The highest BCUT2D eigenvalue weighted by molar-refractivity contribution is 5.36. The van der Waals surface area contributed by atoms with Crippen LogP contribution < -0.4 is 14.8 Å². The van der Waals surface area contributed by atoms with Crippen molar-refractivity contribution in [1.29, 1.82) is 0 Å². The van der Waals surface area contributed by atoms with Gasteiger partial charge in [-0.2, -0.15) is 26.3 Å². The highest BCUT2D eigenvalue weighted by atomic mass is 19.4. The van der Waals surface area contributed by atoms with Crippen molar-refractivity contribution < 1.29 is 35.8 Å². The average Bonchev–Trinajstić information content (AvgIpc) is 3.71. The predicted molar refractivity (Wildman–Crippen MR) is 177 cm³/mol. The van der Waals surface area contributed by atoms with Crippen LogP contribution in [0.5, 0.6) is 11.5 Å². The minimum Gasteiger partial charge on any atom is -0.492 e. The molecule has 3 aromatic rings. The number of piperidine rings is 1. The maximum absolute atomic E-state index is 13.6. The Morgan fingerprint density at radius 3 is 2.04 bits per heavy atom. The number of fused-ring (bicyclic) bond motifs is 1. The van der Waals surface area contributed by atoms with E-state index in [0.717, 1.165) is 42.0 Å². The van der Waals surface area contributed by atoms with Crippen LogP contribution in [0.25, 0.3) is 0 Å². The molecule has 1 unspecified atom stereocenters. The van der Waals surface area contributed by atoms with Gasteiger partial charge >= 0.3 is 12.4 Å². The molecule has 3 aromatic carbocycles. The third-order valence-corrected chi connectivity index (χ3v) is 8.97. The summed E-state index contributed by atoms with van der Waals surface area (Å²) in [6, 6.07) is 18.4. The van der Waals surface area contributed by atoms with Gasteiger partial charge in [-0.25, -0.2) is 0 Å². The van der Waals surface area contributed by atoms with Gasteiger partial charge in [-0.15, -0.1) is 0 Å². The minimum absolute atomic E-state index is 0.0103. The van der Waals surface area contributed by atoms with Crippen LogP contribution in [0.15, 0.2) is 66.7 Å². The zero-order valence-corrected chi connectivity index (χ0v) is 28.6. The van der Waals surface area contributed by atoms with E-state index in [1.165, 1.54) is 5.56 Å². The lowest BCUT2D eigenvalue weighted by atomic mass is 9.87. The Bertz CT molecular complexity index is 1450. The topological polar surface area (TPSA) is 33.7 Å². The monoisotopic (exact) mass is 678 g/mol. The summed E-state index contributed by atoms with van der Waals surface area (Å²) in [5.74, 6) is 2.38. The number of halogens is 6. The fourth-order valence-electron chi connectivity index (χ4n) is 6.41. The normalized spacial score (nSPS) is 20.3. The van der Waals surface area contributed by atoms with E-state index >= 15 is 0 Å². The van der Waals surface area contributed by atoms with Crippen molar-refractivity contribution in [2.24, 2.45) is 11.8 Å². The fourth-order valence-corrected chi connectivity index (χ4v) is 6.41. The number of hydrogen-bond acceptors (Lipinski definition) is 4. The van der Waals surface area contributed by atoms with Crippen LogP contribution in [0.1, 0.15) is 75.8 Å². The number of ether oxygens (including phenoxy) is 2. The van der Waals surface area contributed by atoms with Crippen molar-refractivity contribution >= 4 is 0 Å². The SMILES string of the molecule is CC.CC(Cc1ccc(OCCN[C@H]2[C@@H]3CN(Cc4ccc(C(F)(F)F)cc4C(F)(F)F)CC[C@@H]32)cc1)Oc1ccc(C(C)(C)C)cc1. The number of nitrogens with zero attached hydrogens (tertiary/aromatic N) is 1. The molecule has 0 aromatic heterocycles. The van der Waals surface area contributed by atoms with E-state index in [0.29, 0.717) is 38.1 Å². The lowest BCUT2D eigenvalue weighted by Crippen LogP contribution is -2.32. The number of alkyl halides is 6. The second-order valence-electron chi connectivity index (χ2n) is 13.6. The Balaban J connectivity index is 0.00000255. The van der Waals surface area contributed by atoms with Crippen molar-refractivity contribution in [3.8, 4) is 11.5 Å². The van der Waals surface area contributed by atoms with Crippen molar-refractivity contribution in [1.82, 2.24) is 10.2 Å². The first-order valence-corrected chi connectivity index (χ1v) is 16.8. The zero-order chi connectivity index (χ0) is 35.3. The van der Waals surface area contributed by atoms with E-state index in [4.69, 9.17) is 9.47 Å². The Kier molecular flexibility index (Phi) is 12.2. The average molecular weight is 679 g/mol. The third kappa shape index (κ3) is 10.1. The molecule has 4 nitrogen and oxygen atoms in total. The second-order valence-corrected chi connectivity index (χ2v) is 13.6. The lowest BCUT2D eigenvalue weighted by molar-refractivity contribution is -0.143. The van der Waals surface area contributed by atoms with Crippen LogP contribution in [-0.2, 0) is 30.7 Å². The van der Waals surface area contributed by atoms with Gasteiger partial charge in [0.25, 0.3) is 0 Å². The molecule has 0 radical (unpaired) electrons. The molecule has 5 rings (SSSR count). The molecule has 1 saturated carbocycles. The van der Waals surface area contributed by atoms with Gasteiger partial charge in [-0.3, -0.25) is 4.90 Å². The summed E-state index contributed by atoms with van der Waals surface area (Å²) in [6.07, 6.45) is -8.08. The Morgan fingerprint density at radius 2 is 1.44 bits per heavy atom. The van der Waals surface area contributed by atoms with Crippen LogP contribution in [0.2, 0.25) is 0 Å². The number of nitrogens with one attached hydrogen (secondary N) is 1. The summed E-state index contributed by atoms with van der Waals surface area (Å²) >= 11 is 0. The highest BCUT2D eigenvalue weighted by Gasteiger charge is 2.52. The summed E-state index contributed by atoms with van der Waals surface area (Å²) in [5, 5.41) is 3.51. The Labute approximate surface area is 280 Å². The van der Waals surface area contributed by atoms with Gasteiger partial charge in [0.05, 0.1) is 17.2 Å². The van der Waals surface area contributed by atoms with E-state index in [2.05, 4.69) is 45.1 Å². The van der Waals surface area contributed by atoms with Crippen molar-refractivity contribution in [2.45, 2.75) is 90.8 Å². The molecule has 1 heterocycles. The van der Waals surface area contributed by atoms with E-state index in [1.807, 2.05) is 55.1 Å². The summed E-state index contributed by atoms with van der Waals surface area (Å²) in [6.45, 7) is 14.9. The van der Waals surface area contributed by atoms with E-state index < -0.39 is 23.5 Å². The number of hydrogen-bond donors (Lipinski definition) is 1. The predicted octanol–water partition coefficient (Wildman–Crippen LogP) is 9.55. The van der Waals surface area contributed by atoms with Crippen LogP contribution in [0.4, 0.5) is 26.3 Å². The molecule has 4 atom stereocenters. The molecule has 10 heteroatoms. The van der Waals surface area contributed by atoms with Crippen LogP contribution >= 0.6 is 0 Å². The number of benzene rings is 3. The maximum atomic E-state index is 13.6. The van der Waals surface area contributed by atoms with E-state index in [-0.39, 0.29) is 35.7 Å². The van der Waals surface area contributed by atoms with Gasteiger partial charge in [-0.05, 0) is 90.2 Å². The van der Waals surface area contributed by atoms with Gasteiger partial charge in [0, 0.05) is 32.1 Å². The molecule has 1 saturated heterocycles. The first-order chi connectivity index (χ1) is 22.6. The molecule has 0 bridgehead atoms. The summed E-state index contributed by atoms with van der Waals surface area (Å²) in [5.41, 5.74) is -0.122. The Hall–Kier alpha value is -3.24. The highest BCUT2D eigenvalue weighted by Crippen LogP contribution is 2.46. The molecule has 2 aliphatic rings. The van der Waals surface area contributed by atoms with Gasteiger partial charge in [0.2, 0.25) is 0 Å². The molecular formula is C38H48F6N2O2. The maximum Gasteiger partial charge on any atom is 0.416 e. The Morgan fingerprint density at radius 1 is 0.812 bits per heavy atom.